The van der Waals surface area contributed by atoms with Crippen LogP contribution in [0.15, 0.2) is 0 Å². The van der Waals surface area contributed by atoms with Gasteiger partial charge in [0.2, 0.25) is 0 Å². The summed E-state index contributed by atoms with van der Waals surface area (Å²) in [7, 11) is 0.427. The van der Waals surface area contributed by atoms with Gasteiger partial charge in [-0.2, -0.15) is 0 Å². The Bertz CT molecular complexity index is 160. The Labute approximate surface area is 108 Å². The summed E-state index contributed by atoms with van der Waals surface area (Å²) in [6.07, 6.45) is 2.33. The van der Waals surface area contributed by atoms with Crippen LogP contribution in [0.5, 0.6) is 0 Å². The van der Waals surface area contributed by atoms with Crippen LogP contribution >= 0.6 is 23.2 Å². The second-order valence-electron chi connectivity index (χ2n) is 4.79. The van der Waals surface area contributed by atoms with E-state index in [0.29, 0.717) is 0 Å². The lowest BCUT2D eigenvalue weighted by Crippen LogP contribution is -2.53. The quantitative estimate of drug-likeness (QED) is 0.485. The van der Waals surface area contributed by atoms with Crippen molar-refractivity contribution in [3.63, 3.8) is 0 Å². The summed E-state index contributed by atoms with van der Waals surface area (Å²) in [4.78, 5) is 0. The zero-order chi connectivity index (χ0) is 11.9. The van der Waals surface area contributed by atoms with Crippen molar-refractivity contribution in [2.45, 2.75) is 44.6 Å². The lowest BCUT2D eigenvalue weighted by molar-refractivity contribution is 0.733. The fourth-order valence-corrected chi connectivity index (χ4v) is 11.3. The highest BCUT2D eigenvalue weighted by molar-refractivity contribution is 6.84. The first-order valence-electron chi connectivity index (χ1n) is 5.83. The number of nitrogens with zero attached hydrogens (tertiary/aromatic N) is 1. The van der Waals surface area contributed by atoms with Gasteiger partial charge < -0.3 is 4.23 Å². The van der Waals surface area contributed by atoms with Gasteiger partial charge in [-0.3, -0.25) is 0 Å². The summed E-state index contributed by atoms with van der Waals surface area (Å²) in [6, 6.07) is 2.66. The molecule has 1 nitrogen and oxygen atoms in total. The molecule has 0 aromatic heterocycles. The van der Waals surface area contributed by atoms with Gasteiger partial charge in [-0.1, -0.05) is 19.6 Å². The molecule has 0 N–H and O–H groups in total. The fourth-order valence-electron chi connectivity index (χ4n) is 2.00. The zero-order valence-corrected chi connectivity index (χ0v) is 14.2. The van der Waals surface area contributed by atoms with Crippen LogP contribution in [0.25, 0.3) is 0 Å². The molecule has 0 aromatic rings. The Morgan fingerprint density at radius 3 is 1.73 bits per heavy atom. The number of halogens is 2. The Morgan fingerprint density at radius 2 is 1.47 bits per heavy atom. The van der Waals surface area contributed by atoms with E-state index in [2.05, 4.69) is 30.9 Å². The summed E-state index contributed by atoms with van der Waals surface area (Å²) in [5, 5.41) is 0. The van der Waals surface area contributed by atoms with Crippen LogP contribution in [0.3, 0.4) is 0 Å². The lowest BCUT2D eigenvalue weighted by Gasteiger charge is -2.40. The van der Waals surface area contributed by atoms with Gasteiger partial charge in [0.1, 0.15) is 8.24 Å². The Balaban J connectivity index is 4.37. The van der Waals surface area contributed by atoms with E-state index in [0.717, 1.165) is 24.6 Å². The molecule has 0 unspecified atom stereocenters. The highest BCUT2D eigenvalue weighted by Crippen LogP contribution is 2.24. The van der Waals surface area contributed by atoms with Gasteiger partial charge in [-0.15, -0.1) is 23.2 Å². The molecule has 0 aliphatic rings. The smallest absolute Gasteiger partial charge is 0.118 e. The van der Waals surface area contributed by atoms with E-state index in [1.54, 1.807) is 0 Å². The van der Waals surface area contributed by atoms with Gasteiger partial charge in [0.15, 0.2) is 0 Å². The fraction of sp³-hybridized carbons (Fsp3) is 1.00. The summed E-state index contributed by atoms with van der Waals surface area (Å²) < 4.78 is 2.73. The molecular formula is C10H25Cl2NSi2. The van der Waals surface area contributed by atoms with Gasteiger partial charge in [-0.05, 0) is 32.0 Å². The molecule has 0 saturated carbocycles. The largest absolute Gasteiger partial charge is 0.351 e. The van der Waals surface area contributed by atoms with Crippen molar-refractivity contribution in [1.82, 2.24) is 4.23 Å². The molecule has 15 heavy (non-hydrogen) atoms. The standard InChI is InChI=1S/C10H25Cl2NSi2/c1-13(14(2)3)15(4,9-5-7-11)10-6-8-12/h14H,5-10H2,1-4H3. The van der Waals surface area contributed by atoms with E-state index >= 15 is 0 Å². The van der Waals surface area contributed by atoms with Crippen LogP contribution in [-0.2, 0) is 0 Å². The minimum Gasteiger partial charge on any atom is -0.351 e. The van der Waals surface area contributed by atoms with Crippen molar-refractivity contribution in [2.75, 3.05) is 18.8 Å². The third kappa shape index (κ3) is 5.73. The highest BCUT2D eigenvalue weighted by atomic mass is 35.5. The highest BCUT2D eigenvalue weighted by Gasteiger charge is 2.32. The molecule has 0 fully saturated rings. The van der Waals surface area contributed by atoms with E-state index in [4.69, 9.17) is 23.2 Å². The van der Waals surface area contributed by atoms with Crippen molar-refractivity contribution >= 4 is 40.4 Å². The second-order valence-corrected chi connectivity index (χ2v) is 13.7. The molecule has 0 aromatic carbocycles. The number of alkyl halides is 2. The van der Waals surface area contributed by atoms with Crippen LogP contribution < -0.4 is 0 Å². The Kier molecular flexibility index (Phi) is 8.65. The summed E-state index contributed by atoms with van der Waals surface area (Å²) in [5.41, 5.74) is 0. The van der Waals surface area contributed by atoms with Gasteiger partial charge in [0.25, 0.3) is 0 Å². The summed E-state index contributed by atoms with van der Waals surface area (Å²) >= 11 is 11.6. The molecule has 0 radical (unpaired) electrons. The van der Waals surface area contributed by atoms with Crippen LogP contribution in [0.2, 0.25) is 31.7 Å². The minimum absolute atomic E-state index is 0.666. The van der Waals surface area contributed by atoms with Gasteiger partial charge in [0.05, 0.1) is 8.96 Å². The van der Waals surface area contributed by atoms with Gasteiger partial charge >= 0.3 is 0 Å². The van der Waals surface area contributed by atoms with Gasteiger partial charge in [0, 0.05) is 11.8 Å². The van der Waals surface area contributed by atoms with Crippen LogP contribution in [0.4, 0.5) is 0 Å². The second kappa shape index (κ2) is 8.12. The van der Waals surface area contributed by atoms with Crippen molar-refractivity contribution in [3.05, 3.63) is 0 Å². The predicted molar refractivity (Wildman–Crippen MR) is 78.5 cm³/mol. The van der Waals surface area contributed by atoms with E-state index in [9.17, 15) is 0 Å². The van der Waals surface area contributed by atoms with E-state index in [1.165, 1.54) is 12.1 Å². The van der Waals surface area contributed by atoms with Crippen LogP contribution in [0.1, 0.15) is 12.8 Å². The molecule has 0 amide bonds. The molecule has 0 heterocycles. The van der Waals surface area contributed by atoms with Gasteiger partial charge in [-0.25, -0.2) is 0 Å². The maximum atomic E-state index is 5.81. The molecule has 0 aliphatic heterocycles. The SMILES string of the molecule is CN([SiH](C)C)[Si](C)(CCCCl)CCCCl. The van der Waals surface area contributed by atoms with Crippen molar-refractivity contribution in [2.24, 2.45) is 0 Å². The number of hydrogen-bond acceptors (Lipinski definition) is 1. The van der Waals surface area contributed by atoms with Crippen molar-refractivity contribution < 1.29 is 0 Å². The first kappa shape index (κ1) is 16.0. The monoisotopic (exact) mass is 285 g/mol. The third-order valence-corrected chi connectivity index (χ3v) is 13.4. The van der Waals surface area contributed by atoms with E-state index in [-0.39, 0.29) is 0 Å². The molecule has 0 spiro atoms. The maximum Gasteiger partial charge on any atom is 0.118 e. The Morgan fingerprint density at radius 1 is 1.07 bits per heavy atom. The first-order valence-corrected chi connectivity index (χ1v) is 12.6. The molecule has 92 valence electrons. The molecule has 0 aliphatic carbocycles. The number of rotatable bonds is 8. The average Bonchev–Trinajstić information content (AvgIpc) is 2.22. The molecule has 5 heteroatoms. The lowest BCUT2D eigenvalue weighted by atomic mass is 10.6. The normalized spacial score (nSPS) is 12.8. The zero-order valence-electron chi connectivity index (χ0n) is 10.5. The average molecular weight is 286 g/mol. The topological polar surface area (TPSA) is 3.24 Å². The van der Waals surface area contributed by atoms with Crippen molar-refractivity contribution in [1.29, 1.82) is 0 Å². The Hall–Kier alpha value is 0.974. The third-order valence-electron chi connectivity index (χ3n) is 3.32. The molecule has 0 rings (SSSR count). The maximum absolute atomic E-state index is 5.81. The minimum atomic E-state index is -1.23. The van der Waals surface area contributed by atoms with E-state index in [1.807, 2.05) is 0 Å². The molecule has 0 bridgehead atoms. The molecule has 0 saturated heterocycles. The summed E-state index contributed by atoms with van der Waals surface area (Å²) in [5.74, 6) is 1.61. The first-order chi connectivity index (χ1) is 6.98. The molecule has 0 atom stereocenters. The van der Waals surface area contributed by atoms with E-state index < -0.39 is 17.2 Å². The van der Waals surface area contributed by atoms with Crippen LogP contribution in [0, 0.1) is 0 Å². The number of hydrogen-bond donors (Lipinski definition) is 0. The summed E-state index contributed by atoms with van der Waals surface area (Å²) in [6.45, 7) is 7.32. The van der Waals surface area contributed by atoms with Crippen molar-refractivity contribution in [3.8, 4) is 0 Å². The predicted octanol–water partition coefficient (Wildman–Crippen LogP) is 3.73. The molecular weight excluding hydrogens is 261 g/mol. The van der Waals surface area contributed by atoms with Crippen LogP contribution in [-0.4, -0.2) is 40.2 Å².